The molecule has 22 heavy (non-hydrogen) atoms. The van der Waals surface area contributed by atoms with Crippen molar-refractivity contribution in [1.82, 2.24) is 15.0 Å². The molecule has 0 saturated carbocycles. The number of para-hydroxylation sites is 1. The Morgan fingerprint density at radius 2 is 1.91 bits per heavy atom. The van der Waals surface area contributed by atoms with E-state index in [0.717, 1.165) is 4.88 Å². The number of nitrogen functional groups attached to an aromatic ring is 1. The van der Waals surface area contributed by atoms with Crippen LogP contribution >= 0.6 is 11.3 Å². The van der Waals surface area contributed by atoms with Gasteiger partial charge in [-0.1, -0.05) is 12.1 Å². The molecule has 6 heteroatoms. The number of aryl methyl sites for hydroxylation is 1. The minimum absolute atomic E-state index is 0.108. The number of aromatic hydroxyl groups is 1. The lowest BCUT2D eigenvalue weighted by atomic mass is 10.2. The van der Waals surface area contributed by atoms with Crippen LogP contribution in [0.5, 0.6) is 5.75 Å². The molecule has 0 aliphatic rings. The van der Waals surface area contributed by atoms with Gasteiger partial charge in [0, 0.05) is 4.88 Å². The van der Waals surface area contributed by atoms with Crippen molar-refractivity contribution in [1.29, 1.82) is 0 Å². The predicted octanol–water partition coefficient (Wildman–Crippen LogP) is 3.37. The molecule has 2 heterocycles. The minimum atomic E-state index is 0.108. The molecule has 2 aromatic heterocycles. The summed E-state index contributed by atoms with van der Waals surface area (Å²) < 4.78 is 0. The molecule has 110 valence electrons. The molecule has 0 fully saturated rings. The van der Waals surface area contributed by atoms with E-state index in [2.05, 4.69) is 21.0 Å². The number of anilines is 1. The first kappa shape index (κ1) is 14.2. The number of nitrogens with zero attached hydrogens (tertiary/aromatic N) is 3. The molecule has 0 amide bonds. The van der Waals surface area contributed by atoms with Crippen LogP contribution in [0.2, 0.25) is 0 Å². The fourth-order valence-electron chi connectivity index (χ4n) is 1.97. The van der Waals surface area contributed by atoms with Crippen molar-refractivity contribution in [3.05, 3.63) is 52.0 Å². The molecule has 0 saturated heterocycles. The van der Waals surface area contributed by atoms with Crippen molar-refractivity contribution in [2.24, 2.45) is 0 Å². The SMILES string of the molecule is Cc1ccsc1C=Cc1nc(N)nc(-c2ccccc2O)n1. The molecular weight excluding hydrogens is 296 g/mol. The number of benzene rings is 1. The summed E-state index contributed by atoms with van der Waals surface area (Å²) in [6.07, 6.45) is 3.74. The Bertz CT molecular complexity index is 842. The zero-order valence-electron chi connectivity index (χ0n) is 11.9. The zero-order valence-corrected chi connectivity index (χ0v) is 12.7. The Balaban J connectivity index is 1.99. The number of aromatic nitrogens is 3. The molecule has 3 rings (SSSR count). The van der Waals surface area contributed by atoms with E-state index >= 15 is 0 Å². The minimum Gasteiger partial charge on any atom is -0.507 e. The molecule has 0 radical (unpaired) electrons. The second kappa shape index (κ2) is 5.95. The quantitative estimate of drug-likeness (QED) is 0.774. The number of nitrogens with two attached hydrogens (primary N) is 1. The van der Waals surface area contributed by atoms with E-state index < -0.39 is 0 Å². The number of rotatable bonds is 3. The highest BCUT2D eigenvalue weighted by molar-refractivity contribution is 7.11. The van der Waals surface area contributed by atoms with E-state index in [1.165, 1.54) is 5.56 Å². The monoisotopic (exact) mass is 310 g/mol. The summed E-state index contributed by atoms with van der Waals surface area (Å²) in [5.41, 5.74) is 7.48. The number of phenols is 1. The van der Waals surface area contributed by atoms with Crippen LogP contribution in [-0.2, 0) is 0 Å². The van der Waals surface area contributed by atoms with Gasteiger partial charge in [-0.15, -0.1) is 11.3 Å². The van der Waals surface area contributed by atoms with Crippen LogP contribution in [0.4, 0.5) is 5.95 Å². The summed E-state index contributed by atoms with van der Waals surface area (Å²) in [5.74, 6) is 1.04. The molecule has 0 unspecified atom stereocenters. The lowest BCUT2D eigenvalue weighted by molar-refractivity contribution is 0.477. The van der Waals surface area contributed by atoms with Crippen molar-refractivity contribution in [2.75, 3.05) is 5.73 Å². The van der Waals surface area contributed by atoms with Crippen LogP contribution in [0.3, 0.4) is 0 Å². The van der Waals surface area contributed by atoms with Crippen LogP contribution in [0, 0.1) is 6.92 Å². The van der Waals surface area contributed by atoms with Gasteiger partial charge < -0.3 is 10.8 Å². The maximum absolute atomic E-state index is 9.90. The molecule has 0 aliphatic carbocycles. The van der Waals surface area contributed by atoms with E-state index in [0.29, 0.717) is 17.2 Å². The molecule has 0 aliphatic heterocycles. The summed E-state index contributed by atoms with van der Waals surface area (Å²) in [6, 6.07) is 8.92. The van der Waals surface area contributed by atoms with Gasteiger partial charge in [0.1, 0.15) is 5.75 Å². The Kier molecular flexibility index (Phi) is 3.84. The van der Waals surface area contributed by atoms with Gasteiger partial charge in [-0.2, -0.15) is 9.97 Å². The van der Waals surface area contributed by atoms with Gasteiger partial charge in [-0.3, -0.25) is 0 Å². The fraction of sp³-hybridized carbons (Fsp3) is 0.0625. The first-order valence-electron chi connectivity index (χ1n) is 6.65. The van der Waals surface area contributed by atoms with Gasteiger partial charge in [-0.25, -0.2) is 4.98 Å². The van der Waals surface area contributed by atoms with Crippen LogP contribution in [-0.4, -0.2) is 20.1 Å². The normalized spacial score (nSPS) is 11.1. The molecular formula is C16H14N4OS. The molecule has 0 spiro atoms. The maximum atomic E-state index is 9.90. The number of hydrogen-bond acceptors (Lipinski definition) is 6. The smallest absolute Gasteiger partial charge is 0.224 e. The van der Waals surface area contributed by atoms with Crippen LogP contribution in [0.25, 0.3) is 23.5 Å². The van der Waals surface area contributed by atoms with Crippen molar-refractivity contribution in [3.63, 3.8) is 0 Å². The van der Waals surface area contributed by atoms with Crippen LogP contribution in [0.15, 0.2) is 35.7 Å². The van der Waals surface area contributed by atoms with E-state index in [-0.39, 0.29) is 11.7 Å². The summed E-state index contributed by atoms with van der Waals surface area (Å²) in [6.45, 7) is 2.05. The standard InChI is InChI=1S/C16H14N4OS/c1-10-8-9-22-13(10)6-7-14-18-15(20-16(17)19-14)11-4-2-3-5-12(11)21/h2-9,21H,1H3,(H2,17,18,19,20). The third-order valence-electron chi connectivity index (χ3n) is 3.10. The number of thiophene rings is 1. The lowest BCUT2D eigenvalue weighted by Gasteiger charge is -2.04. The lowest BCUT2D eigenvalue weighted by Crippen LogP contribution is -2.02. The van der Waals surface area contributed by atoms with Crippen LogP contribution in [0.1, 0.15) is 16.3 Å². The second-order valence-electron chi connectivity index (χ2n) is 4.69. The molecule has 5 nitrogen and oxygen atoms in total. The topological polar surface area (TPSA) is 84.9 Å². The molecule has 0 atom stereocenters. The molecule has 0 bridgehead atoms. The third kappa shape index (κ3) is 2.96. The van der Waals surface area contributed by atoms with Gasteiger partial charge in [0.05, 0.1) is 5.56 Å². The first-order chi connectivity index (χ1) is 10.6. The van der Waals surface area contributed by atoms with Crippen molar-refractivity contribution in [2.45, 2.75) is 6.92 Å². The van der Waals surface area contributed by atoms with Crippen molar-refractivity contribution in [3.8, 4) is 17.1 Å². The summed E-state index contributed by atoms with van der Waals surface area (Å²) >= 11 is 1.65. The van der Waals surface area contributed by atoms with Crippen LogP contribution < -0.4 is 5.73 Å². The van der Waals surface area contributed by atoms with Crippen molar-refractivity contribution < 1.29 is 5.11 Å². The molecule has 3 N–H and O–H groups in total. The Labute approximate surface area is 131 Å². The maximum Gasteiger partial charge on any atom is 0.224 e. The summed E-state index contributed by atoms with van der Waals surface area (Å²) in [5, 5.41) is 11.9. The highest BCUT2D eigenvalue weighted by Crippen LogP contribution is 2.26. The van der Waals surface area contributed by atoms with Gasteiger partial charge in [-0.05, 0) is 48.2 Å². The van der Waals surface area contributed by atoms with Gasteiger partial charge >= 0.3 is 0 Å². The van der Waals surface area contributed by atoms with Gasteiger partial charge in [0.2, 0.25) is 5.95 Å². The first-order valence-corrected chi connectivity index (χ1v) is 7.53. The third-order valence-corrected chi connectivity index (χ3v) is 4.08. The summed E-state index contributed by atoms with van der Waals surface area (Å²) in [7, 11) is 0. The zero-order chi connectivity index (χ0) is 15.5. The van der Waals surface area contributed by atoms with Crippen molar-refractivity contribution >= 4 is 29.4 Å². The molecule has 1 aromatic carbocycles. The van der Waals surface area contributed by atoms with E-state index in [4.69, 9.17) is 5.73 Å². The average molecular weight is 310 g/mol. The van der Waals surface area contributed by atoms with E-state index in [1.54, 1.807) is 41.7 Å². The van der Waals surface area contributed by atoms with Gasteiger partial charge in [0.25, 0.3) is 0 Å². The molecule has 3 aromatic rings. The van der Waals surface area contributed by atoms with E-state index in [1.807, 2.05) is 18.4 Å². The largest absolute Gasteiger partial charge is 0.507 e. The number of hydrogen-bond donors (Lipinski definition) is 2. The average Bonchev–Trinajstić information content (AvgIpc) is 2.90. The number of phenolic OH excluding ortho intramolecular Hbond substituents is 1. The summed E-state index contributed by atoms with van der Waals surface area (Å²) in [4.78, 5) is 13.7. The Morgan fingerprint density at radius 1 is 1.09 bits per heavy atom. The Morgan fingerprint density at radius 3 is 2.64 bits per heavy atom. The fourth-order valence-corrected chi connectivity index (χ4v) is 2.79. The second-order valence-corrected chi connectivity index (χ2v) is 5.64. The Hall–Kier alpha value is -2.73. The van der Waals surface area contributed by atoms with Gasteiger partial charge in [0.15, 0.2) is 11.6 Å². The highest BCUT2D eigenvalue weighted by Gasteiger charge is 2.09. The highest BCUT2D eigenvalue weighted by atomic mass is 32.1. The van der Waals surface area contributed by atoms with E-state index in [9.17, 15) is 5.11 Å². The predicted molar refractivity (Wildman–Crippen MR) is 89.3 cm³/mol.